The van der Waals surface area contributed by atoms with Crippen LogP contribution in [0.25, 0.3) is 0 Å². The lowest BCUT2D eigenvalue weighted by molar-refractivity contribution is 0.700. The molecule has 4 nitrogen and oxygen atoms in total. The monoisotopic (exact) mass is 269 g/mol. The molecule has 0 amide bonds. The maximum absolute atomic E-state index is 11.9. The third kappa shape index (κ3) is 2.47. The Morgan fingerprint density at radius 2 is 2.47 bits per heavy atom. The molecular formula is C10H12BrN3O. The summed E-state index contributed by atoms with van der Waals surface area (Å²) in [6.45, 7) is 4.20. The SMILES string of the molecule is C=C(Br)CNc1nccn(C2CC2)c1=O. The van der Waals surface area contributed by atoms with Gasteiger partial charge in [-0.2, -0.15) is 0 Å². The van der Waals surface area contributed by atoms with E-state index < -0.39 is 0 Å². The van der Waals surface area contributed by atoms with Crippen LogP contribution in [-0.2, 0) is 0 Å². The average Bonchev–Trinajstić information content (AvgIpc) is 2.99. The molecule has 5 heteroatoms. The van der Waals surface area contributed by atoms with Gasteiger partial charge in [0, 0.05) is 29.5 Å². The van der Waals surface area contributed by atoms with E-state index in [1.54, 1.807) is 17.0 Å². The van der Waals surface area contributed by atoms with Crippen LogP contribution in [0.5, 0.6) is 0 Å². The van der Waals surface area contributed by atoms with Crippen LogP contribution in [0, 0.1) is 0 Å². The average molecular weight is 270 g/mol. The van der Waals surface area contributed by atoms with E-state index in [1.807, 2.05) is 0 Å². The van der Waals surface area contributed by atoms with E-state index in [0.717, 1.165) is 17.3 Å². The molecule has 1 N–H and O–H groups in total. The highest BCUT2D eigenvalue weighted by Gasteiger charge is 2.25. The van der Waals surface area contributed by atoms with Crippen molar-refractivity contribution in [2.24, 2.45) is 0 Å². The number of hydrogen-bond donors (Lipinski definition) is 1. The lowest BCUT2D eigenvalue weighted by atomic mass is 10.5. The summed E-state index contributed by atoms with van der Waals surface area (Å²) >= 11 is 3.22. The van der Waals surface area contributed by atoms with Crippen molar-refractivity contribution >= 4 is 21.7 Å². The standard InChI is InChI=1S/C10H12BrN3O/c1-7(11)6-13-9-10(15)14(5-4-12-9)8-2-3-8/h4-5,8H,1-3,6H2,(H,12,13). The maximum Gasteiger partial charge on any atom is 0.293 e. The van der Waals surface area contributed by atoms with Crippen molar-refractivity contribution in [3.63, 3.8) is 0 Å². The number of aromatic nitrogens is 2. The van der Waals surface area contributed by atoms with E-state index >= 15 is 0 Å². The van der Waals surface area contributed by atoms with Gasteiger partial charge in [-0.15, -0.1) is 0 Å². The first-order valence-corrected chi connectivity index (χ1v) is 5.62. The summed E-state index contributed by atoms with van der Waals surface area (Å²) in [5, 5.41) is 2.94. The molecule has 1 aliphatic rings. The first-order valence-electron chi connectivity index (χ1n) is 4.83. The predicted octanol–water partition coefficient (Wildman–Crippen LogP) is 1.90. The molecule has 1 saturated carbocycles. The van der Waals surface area contributed by atoms with Crippen molar-refractivity contribution in [2.45, 2.75) is 18.9 Å². The van der Waals surface area contributed by atoms with Gasteiger partial charge in [0.05, 0.1) is 0 Å². The van der Waals surface area contributed by atoms with Crippen LogP contribution in [-0.4, -0.2) is 16.1 Å². The van der Waals surface area contributed by atoms with E-state index in [4.69, 9.17) is 0 Å². The fourth-order valence-corrected chi connectivity index (χ4v) is 1.51. The Kier molecular flexibility index (Phi) is 2.90. The van der Waals surface area contributed by atoms with Gasteiger partial charge in [-0.1, -0.05) is 22.5 Å². The van der Waals surface area contributed by atoms with Gasteiger partial charge < -0.3 is 9.88 Å². The van der Waals surface area contributed by atoms with Gasteiger partial charge in [-0.05, 0) is 12.8 Å². The first kappa shape index (κ1) is 10.4. The van der Waals surface area contributed by atoms with Crippen LogP contribution in [0.1, 0.15) is 18.9 Å². The molecule has 1 aromatic rings. The number of rotatable bonds is 4. The predicted molar refractivity (Wildman–Crippen MR) is 63.3 cm³/mol. The minimum atomic E-state index is -0.0475. The molecule has 0 spiro atoms. The molecule has 1 fully saturated rings. The lowest BCUT2D eigenvalue weighted by Crippen LogP contribution is -2.24. The fraction of sp³-hybridized carbons (Fsp3) is 0.400. The van der Waals surface area contributed by atoms with E-state index in [2.05, 4.69) is 32.8 Å². The van der Waals surface area contributed by atoms with Crippen LogP contribution in [0.3, 0.4) is 0 Å². The van der Waals surface area contributed by atoms with E-state index in [0.29, 0.717) is 18.4 Å². The van der Waals surface area contributed by atoms with Crippen LogP contribution in [0.2, 0.25) is 0 Å². The van der Waals surface area contributed by atoms with Crippen LogP contribution >= 0.6 is 15.9 Å². The van der Waals surface area contributed by atoms with E-state index in [9.17, 15) is 4.79 Å². The number of nitrogens with zero attached hydrogens (tertiary/aromatic N) is 2. The number of hydrogen-bond acceptors (Lipinski definition) is 3. The maximum atomic E-state index is 11.9. The Balaban J connectivity index is 2.20. The summed E-state index contributed by atoms with van der Waals surface area (Å²) in [4.78, 5) is 15.9. The number of nitrogens with one attached hydrogen (secondary N) is 1. The Morgan fingerprint density at radius 3 is 3.07 bits per heavy atom. The highest BCUT2D eigenvalue weighted by Crippen LogP contribution is 2.33. The Labute approximate surface area is 96.2 Å². The number of halogens is 1. The van der Waals surface area contributed by atoms with E-state index in [1.165, 1.54) is 0 Å². The molecule has 1 heterocycles. The summed E-state index contributed by atoms with van der Waals surface area (Å²) in [7, 11) is 0. The fourth-order valence-electron chi connectivity index (χ4n) is 1.37. The van der Waals surface area contributed by atoms with Gasteiger partial charge in [-0.25, -0.2) is 4.98 Å². The molecule has 0 radical (unpaired) electrons. The molecule has 0 aliphatic heterocycles. The largest absolute Gasteiger partial charge is 0.361 e. The first-order chi connectivity index (χ1) is 7.18. The summed E-state index contributed by atoms with van der Waals surface area (Å²) in [5.74, 6) is 0.394. The van der Waals surface area contributed by atoms with Crippen molar-refractivity contribution in [1.82, 2.24) is 9.55 Å². The smallest absolute Gasteiger partial charge is 0.293 e. The highest BCUT2D eigenvalue weighted by molar-refractivity contribution is 9.11. The molecule has 0 bridgehead atoms. The summed E-state index contributed by atoms with van der Waals surface area (Å²) < 4.78 is 2.54. The molecule has 0 unspecified atom stereocenters. The summed E-state index contributed by atoms with van der Waals surface area (Å²) in [6, 6.07) is 0.383. The lowest BCUT2D eigenvalue weighted by Gasteiger charge is -2.07. The van der Waals surface area contributed by atoms with Crippen molar-refractivity contribution in [3.8, 4) is 0 Å². The molecule has 0 aromatic carbocycles. The minimum Gasteiger partial charge on any atom is -0.361 e. The normalized spacial score (nSPS) is 15.0. The quantitative estimate of drug-likeness (QED) is 0.908. The summed E-state index contributed by atoms with van der Waals surface area (Å²) in [6.07, 6.45) is 5.58. The molecule has 15 heavy (non-hydrogen) atoms. The Bertz CT molecular complexity index is 437. The zero-order valence-electron chi connectivity index (χ0n) is 8.24. The number of anilines is 1. The Morgan fingerprint density at radius 1 is 1.73 bits per heavy atom. The van der Waals surface area contributed by atoms with Gasteiger partial charge in [0.15, 0.2) is 5.82 Å². The Hall–Kier alpha value is -1.10. The van der Waals surface area contributed by atoms with Gasteiger partial charge in [0.1, 0.15) is 0 Å². The molecule has 80 valence electrons. The van der Waals surface area contributed by atoms with Crippen LogP contribution < -0.4 is 10.9 Å². The molecule has 0 atom stereocenters. The zero-order valence-corrected chi connectivity index (χ0v) is 9.83. The molecule has 0 saturated heterocycles. The van der Waals surface area contributed by atoms with Crippen molar-refractivity contribution < 1.29 is 0 Å². The molecule has 1 aliphatic carbocycles. The second-order valence-corrected chi connectivity index (χ2v) is 4.71. The van der Waals surface area contributed by atoms with Crippen molar-refractivity contribution in [1.29, 1.82) is 0 Å². The molecule has 2 rings (SSSR count). The van der Waals surface area contributed by atoms with E-state index in [-0.39, 0.29) is 5.56 Å². The highest BCUT2D eigenvalue weighted by atomic mass is 79.9. The van der Waals surface area contributed by atoms with Gasteiger partial charge >= 0.3 is 0 Å². The summed E-state index contributed by atoms with van der Waals surface area (Å²) in [5.41, 5.74) is -0.0475. The second kappa shape index (κ2) is 4.18. The third-order valence-electron chi connectivity index (χ3n) is 2.26. The van der Waals surface area contributed by atoms with Gasteiger partial charge in [-0.3, -0.25) is 4.79 Å². The second-order valence-electron chi connectivity index (χ2n) is 3.59. The molecular weight excluding hydrogens is 258 g/mol. The zero-order chi connectivity index (χ0) is 10.8. The van der Waals surface area contributed by atoms with Crippen LogP contribution in [0.15, 0.2) is 28.2 Å². The third-order valence-corrected chi connectivity index (χ3v) is 2.54. The van der Waals surface area contributed by atoms with Crippen molar-refractivity contribution in [3.05, 3.63) is 33.8 Å². The topological polar surface area (TPSA) is 46.9 Å². The molecule has 1 aromatic heterocycles. The van der Waals surface area contributed by atoms with Gasteiger partial charge in [0.25, 0.3) is 5.56 Å². The minimum absolute atomic E-state index is 0.0475. The van der Waals surface area contributed by atoms with Crippen LogP contribution in [0.4, 0.5) is 5.82 Å². The van der Waals surface area contributed by atoms with Crippen molar-refractivity contribution in [2.75, 3.05) is 11.9 Å². The van der Waals surface area contributed by atoms with Gasteiger partial charge in [0.2, 0.25) is 0 Å².